The number of hydrogen-bond acceptors (Lipinski definition) is 4. The summed E-state index contributed by atoms with van der Waals surface area (Å²) in [5.41, 5.74) is 1.44. The minimum Gasteiger partial charge on any atom is -0.481 e. The Morgan fingerprint density at radius 1 is 1.48 bits per heavy atom. The largest absolute Gasteiger partial charge is 0.481 e. The van der Waals surface area contributed by atoms with Crippen molar-refractivity contribution in [1.29, 1.82) is 0 Å². The molecule has 0 fully saturated rings. The predicted octanol–water partition coefficient (Wildman–Crippen LogP) is 2.43. The Labute approximate surface area is 137 Å². The second kappa shape index (κ2) is 6.52. The summed E-state index contributed by atoms with van der Waals surface area (Å²) in [5.74, 6) is -0.227. The van der Waals surface area contributed by atoms with E-state index in [0.717, 1.165) is 11.3 Å². The van der Waals surface area contributed by atoms with Crippen LogP contribution in [0.4, 0.5) is 0 Å². The third kappa shape index (κ3) is 4.41. The molecule has 1 atom stereocenters. The standard InChI is InChI=1S/C18H24N2O3/c1-12-6-7-19-14(8-12)9-13(2)20(5)17(22)16-10-15(21)11-18(3,4)23-16/h6-8,10,13H,9,11H2,1-5H3/t13-/m0/s1. The highest BCUT2D eigenvalue weighted by Crippen LogP contribution is 2.26. The number of aromatic nitrogens is 1. The Morgan fingerprint density at radius 2 is 2.17 bits per heavy atom. The molecule has 0 N–H and O–H groups in total. The van der Waals surface area contributed by atoms with Gasteiger partial charge in [-0.15, -0.1) is 0 Å². The van der Waals surface area contributed by atoms with Crippen molar-refractivity contribution < 1.29 is 14.3 Å². The molecule has 1 aliphatic heterocycles. The highest BCUT2D eigenvalue weighted by molar-refractivity contribution is 6.01. The van der Waals surface area contributed by atoms with Crippen LogP contribution in [0.1, 0.15) is 38.4 Å². The van der Waals surface area contributed by atoms with Crippen molar-refractivity contribution in [2.75, 3.05) is 7.05 Å². The van der Waals surface area contributed by atoms with Crippen LogP contribution in [0.15, 0.2) is 30.2 Å². The minimum atomic E-state index is -0.640. The molecule has 5 heteroatoms. The molecule has 0 saturated heterocycles. The molecule has 1 aliphatic rings. The van der Waals surface area contributed by atoms with Crippen LogP contribution in [-0.2, 0) is 20.7 Å². The van der Waals surface area contributed by atoms with Crippen molar-refractivity contribution >= 4 is 11.7 Å². The Kier molecular flexibility index (Phi) is 4.88. The molecular formula is C18H24N2O3. The van der Waals surface area contributed by atoms with E-state index < -0.39 is 5.60 Å². The lowest BCUT2D eigenvalue weighted by molar-refractivity contribution is -0.138. The third-order valence-electron chi connectivity index (χ3n) is 3.95. The molecule has 1 aromatic heterocycles. The van der Waals surface area contributed by atoms with Crippen LogP contribution < -0.4 is 0 Å². The van der Waals surface area contributed by atoms with Gasteiger partial charge in [0.1, 0.15) is 5.60 Å². The first-order valence-electron chi connectivity index (χ1n) is 7.80. The van der Waals surface area contributed by atoms with E-state index in [4.69, 9.17) is 4.74 Å². The first kappa shape index (κ1) is 17.2. The van der Waals surface area contributed by atoms with Gasteiger partial charge >= 0.3 is 0 Å². The zero-order chi connectivity index (χ0) is 17.2. The van der Waals surface area contributed by atoms with Crippen LogP contribution in [0.25, 0.3) is 0 Å². The smallest absolute Gasteiger partial charge is 0.289 e. The van der Waals surface area contributed by atoms with Crippen LogP contribution in [0.2, 0.25) is 0 Å². The number of ketones is 1. The molecule has 23 heavy (non-hydrogen) atoms. The molecule has 2 rings (SSSR count). The second-order valence-electron chi connectivity index (χ2n) is 6.81. The zero-order valence-corrected chi connectivity index (χ0v) is 14.4. The number of nitrogens with zero attached hydrogens (tertiary/aromatic N) is 2. The number of likely N-dealkylation sites (N-methyl/N-ethyl adjacent to an activating group) is 1. The number of allylic oxidation sites excluding steroid dienone is 1. The summed E-state index contributed by atoms with van der Waals surface area (Å²) in [4.78, 5) is 30.3. The van der Waals surface area contributed by atoms with Gasteiger partial charge in [-0.2, -0.15) is 0 Å². The summed E-state index contributed by atoms with van der Waals surface area (Å²) in [6, 6.07) is 3.90. The van der Waals surface area contributed by atoms with Crippen LogP contribution in [0.5, 0.6) is 0 Å². The van der Waals surface area contributed by atoms with E-state index in [-0.39, 0.29) is 29.9 Å². The van der Waals surface area contributed by atoms with Gasteiger partial charge < -0.3 is 9.64 Å². The number of carbonyl (C=O) groups is 2. The van der Waals surface area contributed by atoms with Crippen molar-refractivity contribution in [1.82, 2.24) is 9.88 Å². The predicted molar refractivity (Wildman–Crippen MR) is 87.8 cm³/mol. The van der Waals surface area contributed by atoms with Crippen molar-refractivity contribution in [2.24, 2.45) is 0 Å². The Morgan fingerprint density at radius 3 is 2.78 bits per heavy atom. The van der Waals surface area contributed by atoms with Crippen LogP contribution in [0.3, 0.4) is 0 Å². The second-order valence-corrected chi connectivity index (χ2v) is 6.81. The highest BCUT2D eigenvalue weighted by Gasteiger charge is 2.33. The first-order chi connectivity index (χ1) is 10.7. The topological polar surface area (TPSA) is 59.5 Å². The fourth-order valence-electron chi connectivity index (χ4n) is 2.61. The fraction of sp³-hybridized carbons (Fsp3) is 0.500. The van der Waals surface area contributed by atoms with E-state index in [0.29, 0.717) is 6.42 Å². The molecule has 0 aliphatic carbocycles. The number of rotatable bonds is 4. The summed E-state index contributed by atoms with van der Waals surface area (Å²) in [5, 5.41) is 0. The van der Waals surface area contributed by atoms with E-state index in [1.54, 1.807) is 18.1 Å². The number of amides is 1. The molecule has 0 radical (unpaired) electrons. The maximum absolute atomic E-state index is 12.6. The molecule has 2 heterocycles. The van der Waals surface area contributed by atoms with Crippen LogP contribution in [0, 0.1) is 6.92 Å². The number of hydrogen-bond donors (Lipinski definition) is 0. The summed E-state index contributed by atoms with van der Waals surface area (Å²) in [6.07, 6.45) is 4.01. The summed E-state index contributed by atoms with van der Waals surface area (Å²) in [7, 11) is 1.72. The molecule has 0 spiro atoms. The lowest BCUT2D eigenvalue weighted by Crippen LogP contribution is -2.42. The number of pyridine rings is 1. The normalized spacial score (nSPS) is 18.0. The quantitative estimate of drug-likeness (QED) is 0.856. The molecule has 0 aromatic carbocycles. The summed E-state index contributed by atoms with van der Waals surface area (Å²) < 4.78 is 5.68. The molecular weight excluding hydrogens is 292 g/mol. The van der Waals surface area contributed by atoms with Gasteiger partial charge in [-0.3, -0.25) is 14.6 Å². The number of carbonyl (C=O) groups excluding carboxylic acids is 2. The zero-order valence-electron chi connectivity index (χ0n) is 14.4. The monoisotopic (exact) mass is 316 g/mol. The van der Waals surface area contributed by atoms with Gasteiger partial charge in [0.2, 0.25) is 0 Å². The Hall–Kier alpha value is -2.17. The van der Waals surface area contributed by atoms with Crippen LogP contribution >= 0.6 is 0 Å². The van der Waals surface area contributed by atoms with Gasteiger partial charge in [0, 0.05) is 43.9 Å². The van der Waals surface area contributed by atoms with E-state index >= 15 is 0 Å². The molecule has 0 unspecified atom stereocenters. The average molecular weight is 316 g/mol. The molecule has 1 amide bonds. The Balaban J connectivity index is 2.08. The van der Waals surface area contributed by atoms with Crippen molar-refractivity contribution in [3.63, 3.8) is 0 Å². The fourth-order valence-corrected chi connectivity index (χ4v) is 2.61. The van der Waals surface area contributed by atoms with E-state index in [2.05, 4.69) is 4.98 Å². The summed E-state index contributed by atoms with van der Waals surface area (Å²) >= 11 is 0. The minimum absolute atomic E-state index is 0.0542. The van der Waals surface area contributed by atoms with Gasteiger partial charge in [-0.25, -0.2) is 0 Å². The van der Waals surface area contributed by atoms with E-state index in [9.17, 15) is 9.59 Å². The molecule has 0 bridgehead atoms. The van der Waals surface area contributed by atoms with Crippen molar-refractivity contribution in [3.8, 4) is 0 Å². The number of aryl methyl sites for hydroxylation is 1. The van der Waals surface area contributed by atoms with Gasteiger partial charge in [0.05, 0.1) is 0 Å². The van der Waals surface area contributed by atoms with Gasteiger partial charge in [0.25, 0.3) is 5.91 Å². The molecule has 0 saturated carbocycles. The average Bonchev–Trinajstić information content (AvgIpc) is 2.43. The van der Waals surface area contributed by atoms with E-state index in [1.807, 2.05) is 39.8 Å². The lowest BCUT2D eigenvalue weighted by atomic mass is 9.98. The lowest BCUT2D eigenvalue weighted by Gasteiger charge is -2.33. The third-order valence-corrected chi connectivity index (χ3v) is 3.95. The van der Waals surface area contributed by atoms with Crippen molar-refractivity contribution in [3.05, 3.63) is 41.4 Å². The van der Waals surface area contributed by atoms with Gasteiger partial charge in [-0.1, -0.05) is 0 Å². The maximum atomic E-state index is 12.6. The summed E-state index contributed by atoms with van der Waals surface area (Å²) in [6.45, 7) is 7.59. The molecule has 124 valence electrons. The van der Waals surface area contributed by atoms with Gasteiger partial charge in [-0.05, 0) is 45.4 Å². The SMILES string of the molecule is Cc1ccnc(C[C@H](C)N(C)C(=O)C2=CC(=O)CC(C)(C)O2)c1. The van der Waals surface area contributed by atoms with Crippen LogP contribution in [-0.4, -0.2) is 40.3 Å². The van der Waals surface area contributed by atoms with Crippen molar-refractivity contribution in [2.45, 2.75) is 52.2 Å². The number of ether oxygens (including phenoxy) is 1. The highest BCUT2D eigenvalue weighted by atomic mass is 16.5. The molecule has 1 aromatic rings. The first-order valence-corrected chi connectivity index (χ1v) is 7.80. The van der Waals surface area contributed by atoms with Gasteiger partial charge in [0.15, 0.2) is 11.5 Å². The van der Waals surface area contributed by atoms with E-state index in [1.165, 1.54) is 6.08 Å². The molecule has 5 nitrogen and oxygen atoms in total. The Bertz CT molecular complexity index is 649. The maximum Gasteiger partial charge on any atom is 0.289 e.